The highest BCUT2D eigenvalue weighted by Gasteiger charge is 2.25. The number of amides is 1. The average Bonchev–Trinajstić information content (AvgIpc) is 2.54. The lowest BCUT2D eigenvalue weighted by atomic mass is 9.98. The molecule has 1 heterocycles. The van der Waals surface area contributed by atoms with E-state index in [1.54, 1.807) is 6.07 Å². The van der Waals surface area contributed by atoms with Crippen LogP contribution in [0, 0.1) is 16.0 Å². The number of carboxylic acid groups (broad SMARTS) is 1. The lowest BCUT2D eigenvalue weighted by Gasteiger charge is -2.31. The molecule has 0 saturated carbocycles. The molecule has 1 aliphatic rings. The highest BCUT2D eigenvalue weighted by molar-refractivity contribution is 5.97. The third-order valence-electron chi connectivity index (χ3n) is 4.28. The Morgan fingerprint density at radius 3 is 2.54 bits per heavy atom. The predicted molar refractivity (Wildman–Crippen MR) is 88.3 cm³/mol. The Labute approximate surface area is 139 Å². The fourth-order valence-corrected chi connectivity index (χ4v) is 2.67. The minimum Gasteiger partial charge on any atom is -0.480 e. The van der Waals surface area contributed by atoms with Gasteiger partial charge in [0.05, 0.1) is 4.92 Å². The Morgan fingerprint density at radius 2 is 2.00 bits per heavy atom. The van der Waals surface area contributed by atoms with Crippen molar-refractivity contribution >= 4 is 23.3 Å². The quantitative estimate of drug-likeness (QED) is 0.629. The number of anilines is 1. The molecule has 2 rings (SSSR count). The number of piperidine rings is 1. The van der Waals surface area contributed by atoms with Gasteiger partial charge in [-0.05, 0) is 37.8 Å². The van der Waals surface area contributed by atoms with E-state index in [1.807, 2.05) is 4.90 Å². The Kier molecular flexibility index (Phi) is 5.38. The number of carbonyl (C=O) groups excluding carboxylic acids is 1. The van der Waals surface area contributed by atoms with Crippen LogP contribution in [0.1, 0.15) is 37.0 Å². The van der Waals surface area contributed by atoms with E-state index in [0.29, 0.717) is 11.6 Å². The first-order chi connectivity index (χ1) is 11.3. The lowest BCUT2D eigenvalue weighted by molar-refractivity contribution is -0.384. The van der Waals surface area contributed by atoms with E-state index in [1.165, 1.54) is 19.1 Å². The van der Waals surface area contributed by atoms with Crippen molar-refractivity contribution in [2.45, 2.75) is 32.7 Å². The van der Waals surface area contributed by atoms with Crippen LogP contribution in [0.3, 0.4) is 0 Å². The summed E-state index contributed by atoms with van der Waals surface area (Å²) in [5.41, 5.74) is 0.429. The number of hydrogen-bond donors (Lipinski definition) is 2. The number of nitrogens with zero attached hydrogens (tertiary/aromatic N) is 2. The van der Waals surface area contributed by atoms with Crippen molar-refractivity contribution in [2.75, 3.05) is 18.0 Å². The van der Waals surface area contributed by atoms with Crippen LogP contribution in [0.2, 0.25) is 0 Å². The van der Waals surface area contributed by atoms with E-state index >= 15 is 0 Å². The maximum absolute atomic E-state index is 12.1. The number of nitro benzene ring substituents is 1. The van der Waals surface area contributed by atoms with Crippen LogP contribution in [-0.4, -0.2) is 41.0 Å². The summed E-state index contributed by atoms with van der Waals surface area (Å²) in [6, 6.07) is 3.19. The minimum absolute atomic E-state index is 0.0731. The van der Waals surface area contributed by atoms with Gasteiger partial charge in [-0.3, -0.25) is 19.7 Å². The van der Waals surface area contributed by atoms with Gasteiger partial charge in [0.1, 0.15) is 11.7 Å². The van der Waals surface area contributed by atoms with Gasteiger partial charge in [-0.2, -0.15) is 0 Å². The average molecular weight is 335 g/mol. The number of nitrogens with one attached hydrogen (secondary N) is 1. The van der Waals surface area contributed by atoms with Gasteiger partial charge < -0.3 is 15.3 Å². The Balaban J connectivity index is 2.25. The third kappa shape index (κ3) is 4.01. The van der Waals surface area contributed by atoms with E-state index in [-0.39, 0.29) is 11.3 Å². The molecule has 8 heteroatoms. The molecular weight excluding hydrogens is 314 g/mol. The van der Waals surface area contributed by atoms with Crippen molar-refractivity contribution in [3.05, 3.63) is 33.9 Å². The number of aliphatic carboxylic acids is 1. The fraction of sp³-hybridized carbons (Fsp3) is 0.500. The summed E-state index contributed by atoms with van der Waals surface area (Å²) in [6.45, 7) is 4.97. The van der Waals surface area contributed by atoms with Gasteiger partial charge in [0.15, 0.2) is 0 Å². The Bertz CT molecular complexity index is 653. The zero-order valence-electron chi connectivity index (χ0n) is 13.7. The van der Waals surface area contributed by atoms with Crippen molar-refractivity contribution in [1.82, 2.24) is 5.32 Å². The Morgan fingerprint density at radius 1 is 1.38 bits per heavy atom. The highest BCUT2D eigenvalue weighted by Crippen LogP contribution is 2.32. The number of benzene rings is 1. The van der Waals surface area contributed by atoms with Crippen LogP contribution >= 0.6 is 0 Å². The molecule has 0 bridgehead atoms. The number of hydrogen-bond acceptors (Lipinski definition) is 5. The summed E-state index contributed by atoms with van der Waals surface area (Å²) in [7, 11) is 0. The van der Waals surface area contributed by atoms with Crippen LogP contribution < -0.4 is 10.2 Å². The molecule has 0 unspecified atom stereocenters. The van der Waals surface area contributed by atoms with Crippen LogP contribution in [0.4, 0.5) is 11.4 Å². The molecular formula is C16H21N3O5. The molecule has 1 aromatic carbocycles. The molecule has 1 fully saturated rings. The molecule has 1 saturated heterocycles. The van der Waals surface area contributed by atoms with Gasteiger partial charge in [-0.1, -0.05) is 6.92 Å². The fourth-order valence-electron chi connectivity index (χ4n) is 2.67. The first kappa shape index (κ1) is 17.7. The summed E-state index contributed by atoms with van der Waals surface area (Å²) in [4.78, 5) is 35.7. The minimum atomic E-state index is -1.17. The van der Waals surface area contributed by atoms with Gasteiger partial charge in [0, 0.05) is 24.7 Å². The summed E-state index contributed by atoms with van der Waals surface area (Å²) < 4.78 is 0. The standard InChI is InChI=1S/C16H21N3O5/c1-10-5-7-18(8-6-10)13-4-3-12(9-14(13)19(23)24)15(20)17-11(2)16(21)22/h3-4,9-11H,5-8H2,1-2H3,(H,17,20)(H,21,22)/t11-/m1/s1. The molecule has 0 spiro atoms. The molecule has 1 aliphatic heterocycles. The highest BCUT2D eigenvalue weighted by atomic mass is 16.6. The van der Waals surface area contributed by atoms with Gasteiger partial charge in [-0.15, -0.1) is 0 Å². The van der Waals surface area contributed by atoms with Crippen molar-refractivity contribution in [3.63, 3.8) is 0 Å². The van der Waals surface area contributed by atoms with Gasteiger partial charge in [-0.25, -0.2) is 0 Å². The summed E-state index contributed by atoms with van der Waals surface area (Å²) >= 11 is 0. The number of carbonyl (C=O) groups is 2. The van der Waals surface area contributed by atoms with Crippen LogP contribution in [-0.2, 0) is 4.79 Å². The molecule has 8 nitrogen and oxygen atoms in total. The van der Waals surface area contributed by atoms with Crippen LogP contribution in [0.5, 0.6) is 0 Å². The number of rotatable bonds is 5. The molecule has 1 amide bonds. The SMILES string of the molecule is CC1CCN(c2ccc(C(=O)N[C@H](C)C(=O)O)cc2[N+](=O)[O-])CC1. The molecule has 130 valence electrons. The van der Waals surface area contributed by atoms with E-state index in [4.69, 9.17) is 5.11 Å². The molecule has 24 heavy (non-hydrogen) atoms. The number of nitro groups is 1. The predicted octanol–water partition coefficient (Wildman–Crippen LogP) is 2.03. The van der Waals surface area contributed by atoms with E-state index < -0.39 is 22.8 Å². The monoisotopic (exact) mass is 335 g/mol. The maximum atomic E-state index is 12.1. The summed E-state index contributed by atoms with van der Waals surface area (Å²) in [5, 5.41) is 22.5. The van der Waals surface area contributed by atoms with Crippen LogP contribution in [0.15, 0.2) is 18.2 Å². The third-order valence-corrected chi connectivity index (χ3v) is 4.28. The second kappa shape index (κ2) is 7.29. The van der Waals surface area contributed by atoms with Gasteiger partial charge in [0.2, 0.25) is 0 Å². The molecule has 1 atom stereocenters. The van der Waals surface area contributed by atoms with Crippen molar-refractivity contribution in [2.24, 2.45) is 5.92 Å². The van der Waals surface area contributed by atoms with E-state index in [0.717, 1.165) is 25.9 Å². The zero-order chi connectivity index (χ0) is 17.9. The molecule has 0 radical (unpaired) electrons. The van der Waals surface area contributed by atoms with E-state index in [9.17, 15) is 19.7 Å². The number of carboxylic acids is 1. The molecule has 1 aromatic rings. The zero-order valence-corrected chi connectivity index (χ0v) is 13.7. The topological polar surface area (TPSA) is 113 Å². The molecule has 0 aliphatic carbocycles. The van der Waals surface area contributed by atoms with E-state index in [2.05, 4.69) is 12.2 Å². The molecule has 0 aromatic heterocycles. The first-order valence-corrected chi connectivity index (χ1v) is 7.86. The Hall–Kier alpha value is -2.64. The van der Waals surface area contributed by atoms with Gasteiger partial charge >= 0.3 is 5.97 Å². The normalized spacial score (nSPS) is 16.5. The largest absolute Gasteiger partial charge is 0.480 e. The smallest absolute Gasteiger partial charge is 0.325 e. The summed E-state index contributed by atoms with van der Waals surface area (Å²) in [6.07, 6.45) is 1.94. The van der Waals surface area contributed by atoms with Crippen molar-refractivity contribution in [1.29, 1.82) is 0 Å². The first-order valence-electron chi connectivity index (χ1n) is 7.86. The second-order valence-corrected chi connectivity index (χ2v) is 6.16. The maximum Gasteiger partial charge on any atom is 0.325 e. The molecule has 2 N–H and O–H groups in total. The summed E-state index contributed by atoms with van der Waals surface area (Å²) in [5.74, 6) is -1.22. The lowest BCUT2D eigenvalue weighted by Crippen LogP contribution is -2.38. The van der Waals surface area contributed by atoms with Crippen molar-refractivity contribution in [3.8, 4) is 0 Å². The van der Waals surface area contributed by atoms with Gasteiger partial charge in [0.25, 0.3) is 11.6 Å². The van der Waals surface area contributed by atoms with Crippen LogP contribution in [0.25, 0.3) is 0 Å². The second-order valence-electron chi connectivity index (χ2n) is 6.16. The van der Waals surface area contributed by atoms with Crippen molar-refractivity contribution < 1.29 is 19.6 Å².